The first-order valence-electron chi connectivity index (χ1n) is 43.2. The van der Waals surface area contributed by atoms with Gasteiger partial charge in [0, 0.05) is 50.2 Å². The van der Waals surface area contributed by atoms with E-state index in [4.69, 9.17) is 34.2 Å². The number of aliphatic hydroxyl groups is 12. The van der Waals surface area contributed by atoms with Crippen molar-refractivity contribution in [3.8, 4) is 5.75 Å². The van der Waals surface area contributed by atoms with E-state index in [9.17, 15) is 124 Å². The second kappa shape index (κ2) is 47.9. The Balaban J connectivity index is 0.000000220. The van der Waals surface area contributed by atoms with Crippen LogP contribution in [-0.2, 0) is 38.0 Å². The normalized spacial score (nSPS) is 30.7. The molecule has 8 aliphatic rings. The highest BCUT2D eigenvalue weighted by Crippen LogP contribution is 2.45. The quantitative estimate of drug-likeness (QED) is 0.0217. The summed E-state index contributed by atoms with van der Waals surface area (Å²) < 4.78 is 38.5. The summed E-state index contributed by atoms with van der Waals surface area (Å²) in [5.41, 5.74) is 0.590. The zero-order valence-electron chi connectivity index (χ0n) is 77.9. The number of carbonyl (C=O) groups excluding carboxylic acids is 4. The number of rotatable bonds is 26. The maximum absolute atomic E-state index is 12.1. The van der Waals surface area contributed by atoms with Gasteiger partial charge < -0.3 is 101 Å². The second-order valence-electron chi connectivity index (χ2n) is 38.8. The first-order chi connectivity index (χ1) is 61.7. The van der Waals surface area contributed by atoms with Gasteiger partial charge in [0.05, 0.1) is 57.9 Å². The number of nitrogens with two attached hydrogens (primary N) is 1. The van der Waals surface area contributed by atoms with Crippen LogP contribution in [0.1, 0.15) is 87.9 Å². The summed E-state index contributed by atoms with van der Waals surface area (Å²) in [6.07, 6.45) is 17.5. The van der Waals surface area contributed by atoms with E-state index in [1.165, 1.54) is 34.5 Å². The third-order valence-electron chi connectivity index (χ3n) is 22.8. The van der Waals surface area contributed by atoms with Crippen LogP contribution in [0.15, 0.2) is 69.2 Å². The number of aliphatic hydroxyl groups excluding tert-OH is 12. The molecule has 0 spiro atoms. The minimum Gasteiger partial charge on any atom is -0.502 e. The molecule has 21 N–H and O–H groups in total. The van der Waals surface area contributed by atoms with Gasteiger partial charge in [-0.05, 0) is 185 Å². The van der Waals surface area contributed by atoms with Gasteiger partial charge in [-0.3, -0.25) is 87.4 Å². The predicted octanol–water partition coefficient (Wildman–Crippen LogP) is -3.19. The SMILES string of the molecule is C=P(C)(C)CC[C@H]1O[C@@H](N2CC(C)C(=O)NC2=O)[C@H](O)[C@@H]1O.C=P(C)(C)CC[C@H]1O[C@@H](N2CCC(=O)NC2=O)[C@H](O)[C@@H]1O.C=P(C)(C)CC[C@H]1O[C@@H](n2cc(/C=C/CN)c(=O)[nH]c2=O)[C@H](O)[C@@H]1O.C=P(C)(C)CC[C@H]1O[C@@H](n2cc(C)c(=O)[nH]c2=O)[C@H](O)[C@@H]1O.C=P(C)(C)CC[C@H]1O[C@@H](n2cc(I)c(=O)[nH]c2=O)[C@H](O)[C@@H]1O.C=P(C)(C)CC[C@H]1O[C@@H](n2cc(O)c(=O)[nH]c2=O)[C@H](O)[C@@H]1O. The number of imide groups is 2. The van der Waals surface area contributed by atoms with E-state index in [1.807, 2.05) is 18.3 Å². The number of ether oxygens (including phenoxy) is 6. The monoisotopic (exact) mass is 2130 g/mol. The van der Waals surface area contributed by atoms with Crippen molar-refractivity contribution in [1.29, 1.82) is 0 Å². The van der Waals surface area contributed by atoms with E-state index in [1.54, 1.807) is 42.5 Å². The fraction of sp³-hybridized carbons (Fsp3) is 0.663. The minimum absolute atomic E-state index is 0.163. The number of aromatic nitrogens is 8. The topological polar surface area (TPSA) is 663 Å². The van der Waals surface area contributed by atoms with E-state index >= 15 is 0 Å². The van der Waals surface area contributed by atoms with E-state index in [-0.39, 0.29) is 49.4 Å². The Morgan fingerprint density at radius 2 is 0.679 bits per heavy atom. The lowest BCUT2D eigenvalue weighted by atomic mass is 10.1. The van der Waals surface area contributed by atoms with Gasteiger partial charge in [0.2, 0.25) is 11.8 Å². The van der Waals surface area contributed by atoms with Gasteiger partial charge in [-0.2, -0.15) is 0 Å². The molecular weight excluding hydrogens is 1990 g/mol. The molecule has 0 aliphatic carbocycles. The number of urea groups is 2. The standard InChI is InChI=1S/C16H26N3O5P.C14H25N2O5P.C14H23N2O5P.C13H20IN2O5P.C13H21N2O6P.C13H23N2O5P/c1-25(2,3)8-6-11-12(20)13(21)15(24-11)19-9-10(5-4-7-17)14(22)18-16(19)23;2*1-8-7-16(14(20)15-12(8)19)13-11(18)10(17)9(21-13)5-6-22(2,3)4;1-22(2,3)5-4-8-9(17)10(18)12(21-8)16-6-7(14)11(19)15-13(16)20;1-22(2,3)5-4-8-9(17)10(18)12(21-8)15-6-7(16)11(19)14-13(15)20;1-21(2,3)7-5-8-10(17)11(18)12(20-8)15-6-4-9(16)14-13(15)19/h4-5,9,11-13,15,20-21H,1,6-8,17H2,2-3H3,(H,18,22,23);8-11,13,17-18H,2,5-7H2,1,3-4H3,(H,15,19,20);7,9-11,13,17-18H,2,5-6H2,1,3-4H3,(H,15,19,20);6,8-10,12,17-18H,1,4-5H2,2-3H3,(H,15,19,20);6,8-10,12,16-18H,1,4-5H2,2-3H3,(H,14,19,20);8,10-12,17-18H,1,4-7H2,2-3H3,(H,14,16,19)/b5-4+;;;;;/t11-,12-,13-,15-;8?,9-,10-,11-,13-;9-,10-,11-,13-;2*8-,9-,10-,12-;8-,10-,11-,12-/m111111/s1. The van der Waals surface area contributed by atoms with Crippen LogP contribution >= 0.6 is 63.9 Å². The van der Waals surface area contributed by atoms with Gasteiger partial charge in [0.15, 0.2) is 43.1 Å². The molecule has 0 radical (unpaired) electrons. The lowest BCUT2D eigenvalue weighted by Crippen LogP contribution is -2.59. The van der Waals surface area contributed by atoms with Crippen LogP contribution in [0.5, 0.6) is 5.75 Å². The van der Waals surface area contributed by atoms with Crippen LogP contribution in [0.2, 0.25) is 0 Å². The Morgan fingerprint density at radius 1 is 0.396 bits per heavy atom. The highest BCUT2D eigenvalue weighted by molar-refractivity contribution is 14.1. The summed E-state index contributed by atoms with van der Waals surface area (Å²) in [6.45, 7) is 21.1. The average molecular weight is 2130 g/mol. The fourth-order valence-electron chi connectivity index (χ4n) is 15.0. The van der Waals surface area contributed by atoms with E-state index in [0.29, 0.717) is 47.7 Å². The number of aromatic amines is 4. The lowest BCUT2D eigenvalue weighted by Gasteiger charge is -2.35. The number of aryl methyl sites for hydroxylation is 1. The fourth-order valence-corrected chi connectivity index (χ4v) is 21.1. The number of hydrogen-bond acceptors (Lipinski definition) is 32. The highest BCUT2D eigenvalue weighted by Gasteiger charge is 2.52. The largest absolute Gasteiger partial charge is 0.502 e. The molecule has 134 heavy (non-hydrogen) atoms. The number of amides is 6. The van der Waals surface area contributed by atoms with Crippen LogP contribution in [0.3, 0.4) is 0 Å². The number of hydrogen-bond donors (Lipinski definition) is 20. The van der Waals surface area contributed by atoms with Gasteiger partial charge in [-0.25, -0.2) is 28.8 Å². The van der Waals surface area contributed by atoms with Crippen LogP contribution in [0, 0.1) is 16.4 Å². The van der Waals surface area contributed by atoms with Crippen molar-refractivity contribution in [2.24, 2.45) is 11.7 Å². The summed E-state index contributed by atoms with van der Waals surface area (Å²) in [5, 5.41) is 136. The molecule has 4 aromatic heterocycles. The zero-order valence-corrected chi connectivity index (χ0v) is 85.5. The molecule has 0 bridgehead atoms. The van der Waals surface area contributed by atoms with Crippen molar-refractivity contribution < 1.29 is 114 Å². The van der Waals surface area contributed by atoms with Gasteiger partial charge in [-0.1, -0.05) is 19.1 Å². The van der Waals surface area contributed by atoms with E-state index in [0.717, 1.165) is 61.4 Å². The molecule has 51 heteroatoms. The van der Waals surface area contributed by atoms with Crippen LogP contribution in [-0.4, -0.2) is 435 Å². The maximum atomic E-state index is 12.1. The van der Waals surface area contributed by atoms with Crippen molar-refractivity contribution in [2.75, 3.05) is 137 Å². The smallest absolute Gasteiger partial charge is 0.330 e. The van der Waals surface area contributed by atoms with Gasteiger partial charge in [0.25, 0.3) is 22.2 Å². The van der Waals surface area contributed by atoms with Gasteiger partial charge >= 0.3 is 34.8 Å². The molecule has 758 valence electrons. The molecule has 0 saturated carbocycles. The Morgan fingerprint density at radius 3 is 1.01 bits per heavy atom. The summed E-state index contributed by atoms with van der Waals surface area (Å²) in [7, 11) is 0. The third-order valence-corrected chi connectivity index (χ3v) is 32.4. The molecule has 25 atom stereocenters. The number of aromatic hydroxyl groups is 1. The Kier molecular flexibility index (Phi) is 41.1. The molecule has 12 heterocycles. The lowest BCUT2D eigenvalue weighted by molar-refractivity contribution is -0.130. The van der Waals surface area contributed by atoms with Crippen molar-refractivity contribution in [3.05, 3.63) is 129 Å². The van der Waals surface area contributed by atoms with E-state index < -0.39 is 251 Å². The summed E-state index contributed by atoms with van der Waals surface area (Å²) >= 11 is 1.79. The number of nitrogens with one attached hydrogen (secondary N) is 6. The number of H-pyrrole nitrogens is 4. The average Bonchev–Trinajstić information content (AvgIpc) is 1.66. The molecule has 0 aromatic carbocycles. The molecule has 1 unspecified atom stereocenters. The Labute approximate surface area is 788 Å². The number of halogens is 1. The molecule has 4 aromatic rings. The molecule has 8 saturated heterocycles. The molecule has 12 rings (SSSR count). The summed E-state index contributed by atoms with van der Waals surface area (Å²) in [5.74, 6) is -1.73. The van der Waals surface area contributed by atoms with Gasteiger partial charge in [0.1, 0.15) is 73.2 Å². The molecular formula is C83H138IN13O31P6. The number of carbonyl (C=O) groups is 4. The molecule has 8 fully saturated rings. The molecule has 8 aliphatic heterocycles. The zero-order chi connectivity index (χ0) is 101. The third kappa shape index (κ3) is 32.2. The van der Waals surface area contributed by atoms with Crippen molar-refractivity contribution in [1.82, 2.24) is 58.6 Å². The van der Waals surface area contributed by atoms with Gasteiger partial charge in [-0.15, -0.1) is 79.1 Å². The van der Waals surface area contributed by atoms with Crippen LogP contribution in [0.4, 0.5) is 9.59 Å². The first kappa shape index (κ1) is 115. The maximum Gasteiger partial charge on any atom is 0.330 e. The Hall–Kier alpha value is -6.09. The number of nitrogens with zero attached hydrogens (tertiary/aromatic N) is 6. The van der Waals surface area contributed by atoms with Crippen LogP contribution < -0.4 is 61.4 Å². The summed E-state index contributed by atoms with van der Waals surface area (Å²) in [4.78, 5) is 151. The van der Waals surface area contributed by atoms with Crippen molar-refractivity contribution in [3.63, 3.8) is 0 Å². The van der Waals surface area contributed by atoms with Crippen LogP contribution in [0.25, 0.3) is 6.08 Å². The molecule has 6 amide bonds. The first-order valence-corrected chi connectivity index (χ1v) is 62.6. The summed E-state index contributed by atoms with van der Waals surface area (Å²) in [6, 6.07) is -1.18. The Bertz CT molecular complexity index is 5340. The highest BCUT2D eigenvalue weighted by atomic mass is 127. The predicted molar refractivity (Wildman–Crippen MR) is 534 cm³/mol. The van der Waals surface area contributed by atoms with Crippen molar-refractivity contribution in [2.45, 2.75) is 206 Å². The molecule has 44 nitrogen and oxygen atoms in total. The van der Waals surface area contributed by atoms with Crippen molar-refractivity contribution >= 4 is 132 Å². The second-order valence-corrected chi connectivity index (χ2v) is 65.9. The minimum atomic E-state index is -1.33. The van der Waals surface area contributed by atoms with E-state index in [2.05, 4.69) is 130 Å².